The van der Waals surface area contributed by atoms with Crippen molar-refractivity contribution in [2.75, 3.05) is 6.61 Å². The highest BCUT2D eigenvalue weighted by Crippen LogP contribution is 2.56. The molecular formula is C9H14N2O4S. The van der Waals surface area contributed by atoms with Gasteiger partial charge >= 0.3 is 5.97 Å². The van der Waals surface area contributed by atoms with Crippen LogP contribution in [-0.4, -0.2) is 49.4 Å². The summed E-state index contributed by atoms with van der Waals surface area (Å²) < 4.78 is -0.775. The number of thioether (sulfide) groups is 1. The number of fused-ring (bicyclic) bond motifs is 1. The molecule has 0 aromatic carbocycles. The first-order valence-corrected chi connectivity index (χ1v) is 5.79. The van der Waals surface area contributed by atoms with Gasteiger partial charge in [0.15, 0.2) is 0 Å². The third-order valence-corrected chi connectivity index (χ3v) is 5.07. The van der Waals surface area contributed by atoms with Crippen molar-refractivity contribution >= 4 is 23.6 Å². The SMILES string of the molecule is CC1(C)S[C@@H]2[C@H](CO)C(=O)N2[C@@]1(N)C(=O)O. The predicted octanol–water partition coefficient (Wildman–Crippen LogP) is -0.972. The van der Waals surface area contributed by atoms with Crippen molar-refractivity contribution in [3.8, 4) is 0 Å². The van der Waals surface area contributed by atoms with Gasteiger partial charge < -0.3 is 10.2 Å². The molecule has 4 N–H and O–H groups in total. The van der Waals surface area contributed by atoms with Crippen LogP contribution in [0.3, 0.4) is 0 Å². The fraction of sp³-hybridized carbons (Fsp3) is 0.778. The number of aliphatic hydroxyl groups is 1. The van der Waals surface area contributed by atoms with E-state index >= 15 is 0 Å². The smallest absolute Gasteiger partial charge is 0.346 e. The van der Waals surface area contributed by atoms with Crippen molar-refractivity contribution in [3.63, 3.8) is 0 Å². The van der Waals surface area contributed by atoms with Gasteiger partial charge in [-0.1, -0.05) is 0 Å². The molecule has 0 bridgehead atoms. The lowest BCUT2D eigenvalue weighted by Gasteiger charge is -2.47. The summed E-state index contributed by atoms with van der Waals surface area (Å²) in [4.78, 5) is 24.1. The van der Waals surface area contributed by atoms with E-state index in [-0.39, 0.29) is 17.9 Å². The molecule has 0 saturated carbocycles. The zero-order valence-electron chi connectivity index (χ0n) is 9.01. The Morgan fingerprint density at radius 2 is 2.19 bits per heavy atom. The van der Waals surface area contributed by atoms with Gasteiger partial charge in [0, 0.05) is 0 Å². The Hall–Kier alpha value is -0.790. The van der Waals surface area contributed by atoms with Gasteiger partial charge in [-0.3, -0.25) is 15.4 Å². The number of aliphatic carboxylic acids is 1. The Kier molecular flexibility index (Phi) is 2.28. The largest absolute Gasteiger partial charge is 0.478 e. The van der Waals surface area contributed by atoms with E-state index in [0.29, 0.717) is 0 Å². The molecule has 2 rings (SSSR count). The van der Waals surface area contributed by atoms with Crippen molar-refractivity contribution in [2.45, 2.75) is 29.6 Å². The summed E-state index contributed by atoms with van der Waals surface area (Å²) in [6, 6.07) is 0. The average Bonchev–Trinajstić information content (AvgIpc) is 2.34. The molecule has 0 aromatic rings. The first kappa shape index (κ1) is 11.7. The van der Waals surface area contributed by atoms with Gasteiger partial charge in [0.2, 0.25) is 11.6 Å². The zero-order chi connectivity index (χ0) is 12.3. The molecule has 0 unspecified atom stereocenters. The van der Waals surface area contributed by atoms with Gasteiger partial charge in [-0.15, -0.1) is 11.8 Å². The molecule has 2 aliphatic heterocycles. The molecule has 0 spiro atoms. The maximum absolute atomic E-state index is 11.7. The number of carbonyl (C=O) groups is 2. The Morgan fingerprint density at radius 3 is 2.62 bits per heavy atom. The van der Waals surface area contributed by atoms with Gasteiger partial charge in [0.25, 0.3) is 0 Å². The Balaban J connectivity index is 2.41. The van der Waals surface area contributed by atoms with Crippen LogP contribution in [0.15, 0.2) is 0 Å². The Bertz CT molecular complexity index is 373. The Morgan fingerprint density at radius 1 is 1.62 bits per heavy atom. The van der Waals surface area contributed by atoms with E-state index < -0.39 is 22.3 Å². The summed E-state index contributed by atoms with van der Waals surface area (Å²) in [5, 5.41) is 17.9. The summed E-state index contributed by atoms with van der Waals surface area (Å²) in [7, 11) is 0. The van der Waals surface area contributed by atoms with Gasteiger partial charge in [-0.25, -0.2) is 4.79 Å². The second kappa shape index (κ2) is 3.12. The minimum absolute atomic E-state index is 0.265. The molecule has 0 radical (unpaired) electrons. The number of aliphatic hydroxyl groups excluding tert-OH is 1. The van der Waals surface area contributed by atoms with Crippen LogP contribution in [0.25, 0.3) is 0 Å². The molecule has 2 fully saturated rings. The number of hydrogen-bond acceptors (Lipinski definition) is 5. The number of hydrogen-bond donors (Lipinski definition) is 3. The molecule has 0 aromatic heterocycles. The predicted molar refractivity (Wildman–Crippen MR) is 57.4 cm³/mol. The van der Waals surface area contributed by atoms with Crippen LogP contribution in [0.1, 0.15) is 13.8 Å². The first-order chi connectivity index (χ1) is 7.27. The van der Waals surface area contributed by atoms with Crippen LogP contribution in [0.2, 0.25) is 0 Å². The number of nitrogens with two attached hydrogens (primary N) is 1. The van der Waals surface area contributed by atoms with Crippen LogP contribution in [0.4, 0.5) is 0 Å². The van der Waals surface area contributed by atoms with E-state index in [2.05, 4.69) is 0 Å². The highest BCUT2D eigenvalue weighted by Gasteiger charge is 2.71. The van der Waals surface area contributed by atoms with Crippen LogP contribution >= 0.6 is 11.8 Å². The van der Waals surface area contributed by atoms with E-state index in [9.17, 15) is 14.7 Å². The molecule has 1 amide bonds. The van der Waals surface area contributed by atoms with Crippen molar-refractivity contribution in [2.24, 2.45) is 11.7 Å². The number of β-lactam (4-membered cyclic amide) rings is 1. The summed E-state index contributed by atoms with van der Waals surface area (Å²) in [6.45, 7) is 3.14. The lowest BCUT2D eigenvalue weighted by atomic mass is 9.87. The average molecular weight is 246 g/mol. The van der Waals surface area contributed by atoms with E-state index in [1.54, 1.807) is 13.8 Å². The van der Waals surface area contributed by atoms with Gasteiger partial charge in [0.05, 0.1) is 22.6 Å². The molecule has 7 heteroatoms. The standard InChI is InChI=1S/C9H14N2O4S/c1-8(2)9(10,7(14)15)11-5(13)4(3-12)6(11)16-8/h4,6,12H,3,10H2,1-2H3,(H,14,15)/t4-,6-,9+/m1/s1. The van der Waals surface area contributed by atoms with Gasteiger partial charge in [-0.05, 0) is 13.8 Å². The molecule has 2 saturated heterocycles. The highest BCUT2D eigenvalue weighted by molar-refractivity contribution is 8.01. The number of amides is 1. The van der Waals surface area contributed by atoms with E-state index in [1.165, 1.54) is 16.7 Å². The topological polar surface area (TPSA) is 104 Å². The lowest BCUT2D eigenvalue weighted by Crippen LogP contribution is -2.75. The van der Waals surface area contributed by atoms with Gasteiger partial charge in [0.1, 0.15) is 0 Å². The number of carboxylic acid groups (broad SMARTS) is 1. The molecular weight excluding hydrogens is 232 g/mol. The third kappa shape index (κ3) is 1.05. The first-order valence-electron chi connectivity index (χ1n) is 4.91. The van der Waals surface area contributed by atoms with E-state index in [0.717, 1.165) is 0 Å². The summed E-state index contributed by atoms with van der Waals surface area (Å²) in [6.07, 6.45) is 0. The zero-order valence-corrected chi connectivity index (χ0v) is 9.82. The van der Waals surface area contributed by atoms with E-state index in [1.807, 2.05) is 0 Å². The molecule has 2 aliphatic rings. The van der Waals surface area contributed by atoms with Gasteiger partial charge in [-0.2, -0.15) is 0 Å². The van der Waals surface area contributed by atoms with Crippen molar-refractivity contribution < 1.29 is 19.8 Å². The fourth-order valence-corrected chi connectivity index (χ4v) is 3.96. The highest BCUT2D eigenvalue weighted by atomic mass is 32.2. The van der Waals surface area contributed by atoms with Crippen molar-refractivity contribution in [1.29, 1.82) is 0 Å². The molecule has 3 atom stereocenters. The van der Waals surface area contributed by atoms with Crippen molar-refractivity contribution in [1.82, 2.24) is 4.90 Å². The number of carboxylic acids is 1. The summed E-state index contributed by atoms with van der Waals surface area (Å²) >= 11 is 1.33. The molecule has 90 valence electrons. The second-order valence-corrected chi connectivity index (χ2v) is 6.33. The minimum atomic E-state index is -1.69. The molecule has 6 nitrogen and oxygen atoms in total. The second-order valence-electron chi connectivity index (χ2n) is 4.59. The molecule has 16 heavy (non-hydrogen) atoms. The quantitative estimate of drug-likeness (QED) is 0.541. The third-order valence-electron chi connectivity index (χ3n) is 3.39. The van der Waals surface area contributed by atoms with Crippen LogP contribution in [-0.2, 0) is 9.59 Å². The molecule has 0 aliphatic carbocycles. The maximum atomic E-state index is 11.7. The number of carbonyl (C=O) groups excluding carboxylic acids is 1. The fourth-order valence-electron chi connectivity index (χ4n) is 2.24. The van der Waals surface area contributed by atoms with Crippen LogP contribution in [0, 0.1) is 5.92 Å². The number of rotatable bonds is 2. The Labute approximate surface area is 96.8 Å². The number of nitrogens with zero attached hydrogens (tertiary/aromatic N) is 1. The molecule has 2 heterocycles. The monoisotopic (exact) mass is 246 g/mol. The van der Waals surface area contributed by atoms with Crippen LogP contribution in [0.5, 0.6) is 0 Å². The minimum Gasteiger partial charge on any atom is -0.478 e. The summed E-state index contributed by atoms with van der Waals surface area (Å²) in [5.74, 6) is -2.11. The van der Waals surface area contributed by atoms with E-state index in [4.69, 9.17) is 10.8 Å². The normalized spacial score (nSPS) is 40.5. The lowest BCUT2D eigenvalue weighted by molar-refractivity contribution is -0.175. The van der Waals surface area contributed by atoms with Crippen LogP contribution < -0.4 is 5.73 Å². The van der Waals surface area contributed by atoms with Crippen molar-refractivity contribution in [3.05, 3.63) is 0 Å². The summed E-state index contributed by atoms with van der Waals surface area (Å²) in [5.41, 5.74) is 4.19. The maximum Gasteiger partial charge on any atom is 0.346 e.